The Morgan fingerprint density at radius 3 is 2.40 bits per heavy atom. The van der Waals surface area contributed by atoms with Crippen LogP contribution in [0.1, 0.15) is 5.56 Å². The average molecular weight is 398 g/mol. The quantitative estimate of drug-likeness (QED) is 0.344. The highest BCUT2D eigenvalue weighted by Crippen LogP contribution is 2.28. The molecule has 0 aromatic heterocycles. The van der Waals surface area contributed by atoms with E-state index in [1.165, 1.54) is 28.9 Å². The summed E-state index contributed by atoms with van der Waals surface area (Å²) in [4.78, 5) is 0.109. The van der Waals surface area contributed by atoms with Gasteiger partial charge in [0.15, 0.2) is 0 Å². The van der Waals surface area contributed by atoms with Crippen LogP contribution < -0.4 is 0 Å². The van der Waals surface area contributed by atoms with Gasteiger partial charge in [0.05, 0.1) is 27.8 Å². The molecule has 2 aromatic rings. The maximum atomic E-state index is 12.2. The number of halogens is 1. The maximum absolute atomic E-state index is 12.2. The lowest BCUT2D eigenvalue weighted by Gasteiger charge is -2.11. The van der Waals surface area contributed by atoms with E-state index in [0.717, 1.165) is 16.7 Å². The van der Waals surface area contributed by atoms with Crippen molar-refractivity contribution in [2.24, 2.45) is 0 Å². The van der Waals surface area contributed by atoms with Crippen LogP contribution in [0.5, 0.6) is 0 Å². The predicted octanol–water partition coefficient (Wildman–Crippen LogP) is 3.48. The number of nitrogens with zero attached hydrogens (tertiary/aromatic N) is 2. The molecule has 0 saturated heterocycles. The van der Waals surface area contributed by atoms with E-state index in [1.807, 2.05) is 37.3 Å². The summed E-state index contributed by atoms with van der Waals surface area (Å²) in [6, 6.07) is 14.4. The number of sulfonamides is 1. The van der Waals surface area contributed by atoms with Crippen molar-refractivity contribution >= 4 is 32.9 Å². The number of hydrogen-bond donors (Lipinski definition) is 0. The second-order valence-electron chi connectivity index (χ2n) is 4.16. The third-order valence-corrected chi connectivity index (χ3v) is 6.01. The van der Waals surface area contributed by atoms with E-state index in [0.29, 0.717) is 2.52 Å². The molecule has 0 spiro atoms. The Morgan fingerprint density at radius 1 is 1.15 bits per heavy atom. The van der Waals surface area contributed by atoms with Crippen molar-refractivity contribution in [3.05, 3.63) is 54.1 Å². The first-order chi connectivity index (χ1) is 9.46. The summed E-state index contributed by atoms with van der Waals surface area (Å²) in [5, 5.41) is 8.76. The van der Waals surface area contributed by atoms with Gasteiger partial charge in [-0.15, -0.1) is 2.52 Å². The zero-order chi connectivity index (χ0) is 14.8. The van der Waals surface area contributed by atoms with Crippen molar-refractivity contribution in [3.63, 3.8) is 0 Å². The Bertz CT molecular complexity index is 768. The van der Waals surface area contributed by atoms with Crippen molar-refractivity contribution in [2.75, 3.05) is 0 Å². The number of rotatable bonds is 3. The van der Waals surface area contributed by atoms with E-state index < -0.39 is 10.0 Å². The summed E-state index contributed by atoms with van der Waals surface area (Å²) in [5.41, 5.74) is 2.76. The molecular weight excluding hydrogens is 387 g/mol. The lowest BCUT2D eigenvalue weighted by molar-refractivity contribution is 0.578. The van der Waals surface area contributed by atoms with Gasteiger partial charge in [-0.25, -0.2) is 0 Å². The van der Waals surface area contributed by atoms with Crippen LogP contribution in [0.15, 0.2) is 53.4 Å². The van der Waals surface area contributed by atoms with Crippen molar-refractivity contribution < 1.29 is 8.42 Å². The summed E-state index contributed by atoms with van der Waals surface area (Å²) in [6.07, 6.45) is 1.61. The molecule has 0 aliphatic rings. The fraction of sp³-hybridized carbons (Fsp3) is 0.0714. The predicted molar refractivity (Wildman–Crippen MR) is 85.3 cm³/mol. The third kappa shape index (κ3) is 2.78. The fourth-order valence-electron chi connectivity index (χ4n) is 1.84. The monoisotopic (exact) mass is 398 g/mol. The van der Waals surface area contributed by atoms with E-state index in [4.69, 9.17) is 5.26 Å². The van der Waals surface area contributed by atoms with Crippen LogP contribution in [-0.2, 0) is 10.0 Å². The molecule has 2 rings (SSSR count). The lowest BCUT2D eigenvalue weighted by atomic mass is 10.0. The zero-order valence-corrected chi connectivity index (χ0v) is 13.6. The molecule has 0 fully saturated rings. The van der Waals surface area contributed by atoms with E-state index in [9.17, 15) is 8.42 Å². The third-order valence-electron chi connectivity index (χ3n) is 2.88. The standard InChI is InChI=1S/C14H11IN2O2S/c1-11-7-8-13(20(18,19)17(15)10-16)9-14(11)12-5-3-2-4-6-12/h2-9H,1H3. The number of hydrogen-bond acceptors (Lipinski definition) is 3. The van der Waals surface area contributed by atoms with Crippen LogP contribution in [0.2, 0.25) is 0 Å². The summed E-state index contributed by atoms with van der Waals surface area (Å²) in [7, 11) is -3.78. The van der Waals surface area contributed by atoms with E-state index in [1.54, 1.807) is 18.3 Å². The molecule has 0 radical (unpaired) electrons. The molecule has 20 heavy (non-hydrogen) atoms. The van der Waals surface area contributed by atoms with Crippen LogP contribution >= 0.6 is 22.9 Å². The summed E-state index contributed by atoms with van der Waals surface area (Å²) in [5.74, 6) is 0. The number of aryl methyl sites for hydroxylation is 1. The molecule has 102 valence electrons. The second-order valence-corrected chi connectivity index (χ2v) is 7.57. The van der Waals surface area contributed by atoms with Crippen molar-refractivity contribution in [2.45, 2.75) is 11.8 Å². The van der Waals surface area contributed by atoms with E-state index in [2.05, 4.69) is 0 Å². The number of nitriles is 1. The fourth-order valence-corrected chi connectivity index (χ4v) is 3.32. The summed E-state index contributed by atoms with van der Waals surface area (Å²) < 4.78 is 24.9. The summed E-state index contributed by atoms with van der Waals surface area (Å²) in [6.45, 7) is 1.92. The molecule has 0 bridgehead atoms. The SMILES string of the molecule is Cc1ccc(S(=O)(=O)N(I)C#N)cc1-c1ccccc1. The molecule has 6 heteroatoms. The van der Waals surface area contributed by atoms with Crippen LogP contribution in [0.25, 0.3) is 11.1 Å². The van der Waals surface area contributed by atoms with Gasteiger partial charge in [0, 0.05) is 0 Å². The Morgan fingerprint density at radius 2 is 1.80 bits per heavy atom. The van der Waals surface area contributed by atoms with E-state index in [-0.39, 0.29) is 4.90 Å². The molecule has 0 aliphatic carbocycles. The van der Waals surface area contributed by atoms with Gasteiger partial charge in [-0.3, -0.25) is 0 Å². The second kappa shape index (κ2) is 5.81. The first kappa shape index (κ1) is 14.8. The highest BCUT2D eigenvalue weighted by atomic mass is 127. The Labute approximate surface area is 132 Å². The van der Waals surface area contributed by atoms with E-state index >= 15 is 0 Å². The highest BCUT2D eigenvalue weighted by Gasteiger charge is 2.22. The molecular formula is C14H11IN2O2S. The molecule has 4 nitrogen and oxygen atoms in total. The van der Waals surface area contributed by atoms with Crippen molar-refractivity contribution in [1.29, 1.82) is 5.26 Å². The first-order valence-electron chi connectivity index (χ1n) is 5.73. The smallest absolute Gasteiger partial charge is 0.200 e. The largest absolute Gasteiger partial charge is 0.281 e. The van der Waals surface area contributed by atoms with Gasteiger partial charge < -0.3 is 0 Å². The van der Waals surface area contributed by atoms with Gasteiger partial charge in [0.1, 0.15) is 0 Å². The molecule has 0 amide bonds. The molecule has 0 unspecified atom stereocenters. The average Bonchev–Trinajstić information content (AvgIpc) is 2.47. The van der Waals surface area contributed by atoms with Gasteiger partial charge >= 0.3 is 0 Å². The molecule has 0 N–H and O–H groups in total. The van der Waals surface area contributed by atoms with Gasteiger partial charge in [-0.2, -0.15) is 13.7 Å². The summed E-state index contributed by atoms with van der Waals surface area (Å²) >= 11 is 1.47. The molecule has 0 heterocycles. The maximum Gasteiger partial charge on any atom is 0.281 e. The first-order valence-corrected chi connectivity index (χ1v) is 8.14. The van der Waals surface area contributed by atoms with Gasteiger partial charge in [-0.05, 0) is 35.7 Å². The molecule has 0 saturated carbocycles. The Balaban J connectivity index is 2.59. The minimum Gasteiger partial charge on any atom is -0.200 e. The van der Waals surface area contributed by atoms with Crippen molar-refractivity contribution in [1.82, 2.24) is 2.52 Å². The normalized spacial score (nSPS) is 10.8. The number of benzene rings is 2. The van der Waals surface area contributed by atoms with Gasteiger partial charge in [0.2, 0.25) is 6.19 Å². The Hall–Kier alpha value is -1.59. The van der Waals surface area contributed by atoms with Crippen LogP contribution in [0.4, 0.5) is 0 Å². The lowest BCUT2D eigenvalue weighted by Crippen LogP contribution is -2.16. The van der Waals surface area contributed by atoms with Gasteiger partial charge in [0.25, 0.3) is 10.0 Å². The molecule has 0 atom stereocenters. The molecule has 0 aliphatic heterocycles. The van der Waals surface area contributed by atoms with Gasteiger partial charge in [-0.1, -0.05) is 36.4 Å². The minimum atomic E-state index is -3.78. The van der Waals surface area contributed by atoms with Crippen LogP contribution in [0.3, 0.4) is 0 Å². The Kier molecular flexibility index (Phi) is 4.30. The highest BCUT2D eigenvalue weighted by molar-refractivity contribution is 14.1. The zero-order valence-electron chi connectivity index (χ0n) is 10.6. The molecule has 2 aromatic carbocycles. The van der Waals surface area contributed by atoms with Crippen LogP contribution in [-0.4, -0.2) is 10.9 Å². The minimum absolute atomic E-state index is 0.109. The van der Waals surface area contributed by atoms with Crippen LogP contribution in [0, 0.1) is 18.4 Å². The van der Waals surface area contributed by atoms with Crippen molar-refractivity contribution in [3.8, 4) is 17.3 Å². The topological polar surface area (TPSA) is 61.2 Å².